The van der Waals surface area contributed by atoms with Crippen molar-refractivity contribution >= 4 is 16.9 Å². The Labute approximate surface area is 306 Å². The van der Waals surface area contributed by atoms with Gasteiger partial charge in [-0.3, -0.25) is 4.99 Å². The van der Waals surface area contributed by atoms with Gasteiger partial charge in [-0.25, -0.2) is 0 Å². The molecule has 3 aromatic rings. The van der Waals surface area contributed by atoms with Gasteiger partial charge in [-0.15, -0.1) is 0 Å². The van der Waals surface area contributed by atoms with Gasteiger partial charge in [0, 0.05) is 54.3 Å². The number of hydrogen-bond acceptors (Lipinski definition) is 4. The van der Waals surface area contributed by atoms with Gasteiger partial charge in [-0.05, 0) is 128 Å². The Morgan fingerprint density at radius 1 is 1.00 bits per heavy atom. The molecule has 52 heavy (non-hydrogen) atoms. The van der Waals surface area contributed by atoms with Crippen LogP contribution in [0, 0.1) is 64.1 Å². The fourth-order valence-corrected chi connectivity index (χ4v) is 13.8. The monoisotopic (exact) mass is 699 g/mol. The molecule has 7 aliphatic carbocycles. The molecule has 4 fully saturated rings. The number of aliphatic hydroxyl groups is 3. The molecule has 2 aromatic heterocycles. The minimum Gasteiger partial charge on any atom is -0.390 e. The van der Waals surface area contributed by atoms with Crippen LogP contribution >= 0.6 is 0 Å². The summed E-state index contributed by atoms with van der Waals surface area (Å²) in [4.78, 5) is 11.5. The van der Waals surface area contributed by atoms with Crippen molar-refractivity contribution in [3.63, 3.8) is 0 Å². The lowest BCUT2D eigenvalue weighted by Crippen LogP contribution is -2.59. The third-order valence-electron chi connectivity index (χ3n) is 15.6. The number of nitrogens with one attached hydrogen (secondary N) is 3. The maximum absolute atomic E-state index is 13.1. The highest BCUT2D eigenvalue weighted by Crippen LogP contribution is 2.75. The molecule has 7 aliphatic rings. The fraction of sp³-hybridized carbons (Fsp3) is 0.568. The van der Waals surface area contributed by atoms with Crippen molar-refractivity contribution < 1.29 is 15.3 Å². The predicted molar refractivity (Wildman–Crippen MR) is 203 cm³/mol. The van der Waals surface area contributed by atoms with Crippen LogP contribution in [0.3, 0.4) is 0 Å². The topological polar surface area (TPSA) is 143 Å². The van der Waals surface area contributed by atoms with Crippen LogP contribution in [0.1, 0.15) is 69.2 Å². The standard InChI is InChI=1S/C44H53N5O3/c1-46-40(45)49-31-11-10-28-23-41(16-14-26(22-41)18-30-7-5-17-47-30)24-29(20-32-19-27-6-2-3-9-37(27)48-32)44(28)34-8-4-15-42(51)33(34)12-13-35(44)39-36(42)21-38(50)43(39,52)25-31/h2-9,17,19,24,26,28,31,33-36,38-39,47-48,50-52H,12-16,18,20-23,25H2,1H3,(H3,45,46,49)/t26-,28+,31+,33+,34+,35+,36+,38+,39+,41+,42+,43+,44+/m1/s1. The van der Waals surface area contributed by atoms with Gasteiger partial charge < -0.3 is 36.3 Å². The first-order valence-electron chi connectivity index (χ1n) is 19.9. The molecule has 2 heterocycles. The summed E-state index contributed by atoms with van der Waals surface area (Å²) in [5.41, 5.74) is 8.56. The van der Waals surface area contributed by atoms with E-state index in [0.29, 0.717) is 18.8 Å². The molecule has 4 saturated carbocycles. The maximum atomic E-state index is 13.1. The van der Waals surface area contributed by atoms with E-state index < -0.39 is 28.8 Å². The summed E-state index contributed by atoms with van der Waals surface area (Å²) < 4.78 is 0. The van der Waals surface area contributed by atoms with Crippen LogP contribution in [-0.4, -0.2) is 61.6 Å². The number of aromatic amines is 2. The maximum Gasteiger partial charge on any atom is 0.189 e. The third-order valence-corrected chi connectivity index (χ3v) is 15.6. The second-order valence-corrected chi connectivity index (χ2v) is 17.9. The van der Waals surface area contributed by atoms with Gasteiger partial charge in [0.25, 0.3) is 0 Å². The van der Waals surface area contributed by atoms with Gasteiger partial charge in [0.2, 0.25) is 0 Å². The zero-order valence-electron chi connectivity index (χ0n) is 30.2. The average Bonchev–Trinajstić information content (AvgIpc) is 3.91. The number of guanidine groups is 1. The van der Waals surface area contributed by atoms with E-state index in [4.69, 9.17) is 5.73 Å². The number of para-hydroxylation sites is 1. The fourth-order valence-electron chi connectivity index (χ4n) is 13.8. The number of benzene rings is 1. The lowest BCUT2D eigenvalue weighted by atomic mass is 9.42. The van der Waals surface area contributed by atoms with Crippen LogP contribution in [-0.2, 0) is 12.8 Å². The molecule has 13 atom stereocenters. The molecule has 0 saturated heterocycles. The van der Waals surface area contributed by atoms with Crippen molar-refractivity contribution in [1.29, 1.82) is 0 Å². The quantitative estimate of drug-likeness (QED) is 0.0829. The molecular weight excluding hydrogens is 647 g/mol. The molecule has 10 rings (SSSR count). The van der Waals surface area contributed by atoms with Crippen LogP contribution in [0.15, 0.2) is 77.5 Å². The normalized spacial score (nSPS) is 44.3. The molecule has 8 N–H and O–H groups in total. The first-order chi connectivity index (χ1) is 25.1. The Hall–Kier alpha value is -3.77. The number of H-pyrrole nitrogens is 2. The number of nitrogens with two attached hydrogens (primary N) is 1. The highest BCUT2D eigenvalue weighted by atomic mass is 16.3. The SMILES string of the molecule is CN=C(N)N[C@H]1C#C[C@H]2C[C@]3(C=C(Cc4cc5ccccc5[nH]4)[C@]24[C@H]2C=CC[C@@]5(O)[C@H]6C[C@H](O)[C@@](O)(C1)[C@H]6[C@@H]4CC[C@@H]25)CC[C@H](Cc1ccc[nH]1)C3. The zero-order valence-corrected chi connectivity index (χ0v) is 30.2. The number of aromatic nitrogens is 2. The lowest BCUT2D eigenvalue weighted by Gasteiger charge is -2.61. The number of hydrogen-bond donors (Lipinski definition) is 7. The molecule has 0 radical (unpaired) electrons. The smallest absolute Gasteiger partial charge is 0.189 e. The molecule has 8 nitrogen and oxygen atoms in total. The largest absolute Gasteiger partial charge is 0.390 e. The molecule has 272 valence electrons. The second-order valence-electron chi connectivity index (χ2n) is 17.9. The van der Waals surface area contributed by atoms with Gasteiger partial charge in [0.15, 0.2) is 5.96 Å². The molecule has 6 bridgehead atoms. The van der Waals surface area contributed by atoms with Gasteiger partial charge in [-0.1, -0.05) is 53.8 Å². The summed E-state index contributed by atoms with van der Waals surface area (Å²) >= 11 is 0. The van der Waals surface area contributed by atoms with Crippen LogP contribution < -0.4 is 11.1 Å². The Bertz CT molecular complexity index is 2000. The lowest BCUT2D eigenvalue weighted by molar-refractivity contribution is -0.133. The van der Waals surface area contributed by atoms with Crippen molar-refractivity contribution in [3.05, 3.63) is 83.9 Å². The third kappa shape index (κ3) is 4.61. The van der Waals surface area contributed by atoms with Gasteiger partial charge in [-0.2, -0.15) is 0 Å². The van der Waals surface area contributed by atoms with Gasteiger partial charge in [0.05, 0.1) is 23.3 Å². The predicted octanol–water partition coefficient (Wildman–Crippen LogP) is 5.39. The van der Waals surface area contributed by atoms with E-state index in [2.05, 4.69) is 92.8 Å². The summed E-state index contributed by atoms with van der Waals surface area (Å²) in [6.07, 6.45) is 17.8. The number of aliphatic hydroxyl groups excluding tert-OH is 1. The van der Waals surface area contributed by atoms with E-state index in [1.807, 2.05) is 6.20 Å². The summed E-state index contributed by atoms with van der Waals surface area (Å²) in [5.74, 6) is 8.20. The number of allylic oxidation sites excluding steroid dienone is 3. The minimum absolute atomic E-state index is 0.00819. The van der Waals surface area contributed by atoms with Crippen molar-refractivity contribution in [2.45, 2.75) is 94.0 Å². The van der Waals surface area contributed by atoms with E-state index in [1.165, 1.54) is 28.8 Å². The average molecular weight is 700 g/mol. The molecule has 0 aliphatic heterocycles. The number of fused-ring (bicyclic) bond motifs is 2. The Balaban J connectivity index is 1.20. The van der Waals surface area contributed by atoms with Crippen molar-refractivity contribution in [2.24, 2.45) is 63.0 Å². The Morgan fingerprint density at radius 3 is 2.69 bits per heavy atom. The van der Waals surface area contributed by atoms with Gasteiger partial charge in [0.1, 0.15) is 0 Å². The number of rotatable bonds is 5. The van der Waals surface area contributed by atoms with E-state index in [1.54, 1.807) is 7.05 Å². The van der Waals surface area contributed by atoms with Crippen molar-refractivity contribution in [2.75, 3.05) is 7.05 Å². The number of nitrogens with zero attached hydrogens (tertiary/aromatic N) is 1. The zero-order chi connectivity index (χ0) is 35.5. The Morgan fingerprint density at radius 2 is 1.87 bits per heavy atom. The van der Waals surface area contributed by atoms with E-state index in [9.17, 15) is 15.3 Å². The molecular formula is C44H53N5O3. The highest BCUT2D eigenvalue weighted by molar-refractivity contribution is 5.80. The molecule has 0 amide bonds. The van der Waals surface area contributed by atoms with Crippen LogP contribution in [0.2, 0.25) is 0 Å². The molecule has 1 aromatic carbocycles. The van der Waals surface area contributed by atoms with Gasteiger partial charge >= 0.3 is 0 Å². The molecule has 0 unspecified atom stereocenters. The van der Waals surface area contributed by atoms with E-state index in [0.717, 1.165) is 50.5 Å². The summed E-state index contributed by atoms with van der Waals surface area (Å²) in [7, 11) is 1.66. The summed E-state index contributed by atoms with van der Waals surface area (Å²) in [5, 5.41) is 42.7. The highest BCUT2D eigenvalue weighted by Gasteiger charge is 2.75. The van der Waals surface area contributed by atoms with E-state index >= 15 is 0 Å². The molecule has 8 heteroatoms. The van der Waals surface area contributed by atoms with Crippen molar-refractivity contribution in [3.8, 4) is 11.8 Å². The van der Waals surface area contributed by atoms with Crippen molar-refractivity contribution in [1.82, 2.24) is 15.3 Å². The summed E-state index contributed by atoms with van der Waals surface area (Å²) in [6, 6.07) is 14.7. The van der Waals surface area contributed by atoms with Crippen LogP contribution in [0.4, 0.5) is 0 Å². The Kier molecular flexibility index (Phi) is 7.34. The van der Waals surface area contributed by atoms with E-state index in [-0.39, 0.29) is 53.3 Å². The minimum atomic E-state index is -1.43. The number of aliphatic imine (C=N–C) groups is 1. The van der Waals surface area contributed by atoms with Crippen LogP contribution in [0.5, 0.6) is 0 Å². The first kappa shape index (κ1) is 32.8. The van der Waals surface area contributed by atoms with Crippen LogP contribution in [0.25, 0.3) is 10.9 Å². The summed E-state index contributed by atoms with van der Waals surface area (Å²) in [6.45, 7) is 0. The second kappa shape index (κ2) is 11.6. The first-order valence-corrected chi connectivity index (χ1v) is 19.9. The molecule has 2 spiro atoms.